The van der Waals surface area contributed by atoms with Crippen LogP contribution in [0.4, 0.5) is 11.4 Å². The van der Waals surface area contributed by atoms with Gasteiger partial charge in [0.15, 0.2) is 11.5 Å². The maximum Gasteiger partial charge on any atom is 0.240 e. The van der Waals surface area contributed by atoms with Crippen molar-refractivity contribution in [3.8, 4) is 22.9 Å². The van der Waals surface area contributed by atoms with E-state index in [1.54, 1.807) is 62.4 Å². The van der Waals surface area contributed by atoms with Crippen molar-refractivity contribution in [1.29, 1.82) is 0 Å². The van der Waals surface area contributed by atoms with E-state index in [9.17, 15) is 8.42 Å². The van der Waals surface area contributed by atoms with Crippen LogP contribution in [-0.2, 0) is 10.0 Å². The standard InChI is InChI=1S/C25H29N5O5S/c1-5-6-12-26-36(31,32)20-9-7-8-19(16-20)30-22-13-17(10-11-21(22)28-29-30)27-18-14-23(33-2)25(35-4)24(15-18)34-3/h7-11,13-16,26-27H,5-6,12H2,1-4H3. The lowest BCUT2D eigenvalue weighted by molar-refractivity contribution is 0.324. The van der Waals surface area contributed by atoms with Gasteiger partial charge in [-0.2, -0.15) is 0 Å². The van der Waals surface area contributed by atoms with Gasteiger partial charge in [0.05, 0.1) is 37.4 Å². The molecular weight excluding hydrogens is 482 g/mol. The molecule has 36 heavy (non-hydrogen) atoms. The summed E-state index contributed by atoms with van der Waals surface area (Å²) in [5.41, 5.74) is 3.46. The van der Waals surface area contributed by atoms with Crippen molar-refractivity contribution >= 4 is 32.4 Å². The number of nitrogens with zero attached hydrogens (tertiary/aromatic N) is 3. The lowest BCUT2D eigenvalue weighted by Gasteiger charge is -2.15. The molecule has 4 rings (SSSR count). The molecule has 0 saturated carbocycles. The second-order valence-electron chi connectivity index (χ2n) is 7.99. The van der Waals surface area contributed by atoms with E-state index in [2.05, 4.69) is 20.4 Å². The minimum absolute atomic E-state index is 0.173. The van der Waals surface area contributed by atoms with Crippen molar-refractivity contribution in [3.05, 3.63) is 54.6 Å². The van der Waals surface area contributed by atoms with Crippen LogP contribution in [0.1, 0.15) is 19.8 Å². The summed E-state index contributed by atoms with van der Waals surface area (Å²) in [7, 11) is 1.05. The third-order valence-electron chi connectivity index (χ3n) is 5.59. The molecule has 3 aromatic carbocycles. The number of fused-ring (bicyclic) bond motifs is 1. The molecule has 4 aromatic rings. The van der Waals surface area contributed by atoms with Crippen LogP contribution >= 0.6 is 0 Å². The van der Waals surface area contributed by atoms with Gasteiger partial charge in [-0.3, -0.25) is 0 Å². The SMILES string of the molecule is CCCCNS(=O)(=O)c1cccc(-n2nnc3ccc(Nc4cc(OC)c(OC)c(OC)c4)cc32)c1. The van der Waals surface area contributed by atoms with E-state index in [0.717, 1.165) is 24.2 Å². The summed E-state index contributed by atoms with van der Waals surface area (Å²) >= 11 is 0. The van der Waals surface area contributed by atoms with Crippen molar-refractivity contribution in [2.75, 3.05) is 33.2 Å². The smallest absolute Gasteiger partial charge is 0.240 e. The lowest BCUT2D eigenvalue weighted by atomic mass is 10.2. The van der Waals surface area contributed by atoms with Gasteiger partial charge in [0.25, 0.3) is 0 Å². The molecule has 0 radical (unpaired) electrons. The highest BCUT2D eigenvalue weighted by atomic mass is 32.2. The fourth-order valence-corrected chi connectivity index (χ4v) is 4.87. The van der Waals surface area contributed by atoms with Gasteiger partial charge in [0.1, 0.15) is 5.52 Å². The average molecular weight is 512 g/mol. The second-order valence-corrected chi connectivity index (χ2v) is 9.76. The average Bonchev–Trinajstić information content (AvgIpc) is 3.31. The number of ether oxygens (including phenoxy) is 3. The number of unbranched alkanes of at least 4 members (excludes halogenated alkanes) is 1. The van der Waals surface area contributed by atoms with Gasteiger partial charge in [0.2, 0.25) is 15.8 Å². The number of sulfonamides is 1. The lowest BCUT2D eigenvalue weighted by Crippen LogP contribution is -2.24. The van der Waals surface area contributed by atoms with E-state index in [4.69, 9.17) is 14.2 Å². The van der Waals surface area contributed by atoms with Gasteiger partial charge in [-0.05, 0) is 42.8 Å². The molecule has 1 aromatic heterocycles. The predicted octanol–water partition coefficient (Wildman–Crippen LogP) is 4.27. The van der Waals surface area contributed by atoms with Gasteiger partial charge in [-0.25, -0.2) is 17.8 Å². The molecule has 10 nitrogen and oxygen atoms in total. The van der Waals surface area contributed by atoms with Gasteiger partial charge < -0.3 is 19.5 Å². The molecule has 0 amide bonds. The molecule has 0 unspecified atom stereocenters. The quantitative estimate of drug-likeness (QED) is 0.287. The number of aromatic nitrogens is 3. The van der Waals surface area contributed by atoms with Crippen molar-refractivity contribution in [2.24, 2.45) is 0 Å². The van der Waals surface area contributed by atoms with Crippen LogP contribution < -0.4 is 24.2 Å². The zero-order valence-electron chi connectivity index (χ0n) is 20.6. The topological polar surface area (TPSA) is 117 Å². The van der Waals surface area contributed by atoms with Crippen molar-refractivity contribution in [2.45, 2.75) is 24.7 Å². The number of hydrogen-bond acceptors (Lipinski definition) is 8. The first-order chi connectivity index (χ1) is 17.4. The van der Waals surface area contributed by atoms with Crippen molar-refractivity contribution in [1.82, 2.24) is 19.7 Å². The molecule has 11 heteroatoms. The Hall–Kier alpha value is -3.83. The van der Waals surface area contributed by atoms with Gasteiger partial charge >= 0.3 is 0 Å². The van der Waals surface area contributed by atoms with Crippen LogP contribution in [0.2, 0.25) is 0 Å². The van der Waals surface area contributed by atoms with Crippen LogP contribution in [0.15, 0.2) is 59.5 Å². The molecule has 0 saturated heterocycles. The van der Waals surface area contributed by atoms with Crippen LogP contribution in [0, 0.1) is 0 Å². The largest absolute Gasteiger partial charge is 0.493 e. The Morgan fingerprint density at radius 2 is 1.67 bits per heavy atom. The Morgan fingerprint density at radius 1 is 0.917 bits per heavy atom. The molecule has 2 N–H and O–H groups in total. The summed E-state index contributed by atoms with van der Waals surface area (Å²) in [6.07, 6.45) is 1.67. The molecule has 0 aliphatic heterocycles. The van der Waals surface area contributed by atoms with Gasteiger partial charge in [0, 0.05) is 30.1 Å². The number of methoxy groups -OCH3 is 3. The van der Waals surface area contributed by atoms with Gasteiger partial charge in [-0.1, -0.05) is 24.6 Å². The first-order valence-electron chi connectivity index (χ1n) is 11.4. The monoisotopic (exact) mass is 511 g/mol. The third-order valence-corrected chi connectivity index (χ3v) is 7.05. The highest BCUT2D eigenvalue weighted by Gasteiger charge is 2.17. The zero-order valence-corrected chi connectivity index (χ0v) is 21.4. The molecule has 0 aliphatic carbocycles. The summed E-state index contributed by atoms with van der Waals surface area (Å²) in [6, 6.07) is 15.8. The van der Waals surface area contributed by atoms with Crippen molar-refractivity contribution in [3.63, 3.8) is 0 Å². The maximum atomic E-state index is 12.7. The first kappa shape index (κ1) is 25.3. The predicted molar refractivity (Wildman–Crippen MR) is 138 cm³/mol. The minimum Gasteiger partial charge on any atom is -0.493 e. The van der Waals surface area contributed by atoms with Crippen molar-refractivity contribution < 1.29 is 22.6 Å². The molecule has 0 atom stereocenters. The Bertz CT molecular complexity index is 1440. The van der Waals surface area contributed by atoms with Gasteiger partial charge in [-0.15, -0.1) is 5.10 Å². The summed E-state index contributed by atoms with van der Waals surface area (Å²) in [5.74, 6) is 1.55. The number of hydrogen-bond donors (Lipinski definition) is 2. The Labute approximate surface area is 210 Å². The Kier molecular flexibility index (Phi) is 7.61. The number of anilines is 2. The molecular formula is C25H29N5O5S. The van der Waals surface area contributed by atoms with E-state index in [0.29, 0.717) is 40.5 Å². The molecule has 190 valence electrons. The van der Waals surface area contributed by atoms with E-state index < -0.39 is 10.0 Å². The first-order valence-corrected chi connectivity index (χ1v) is 12.9. The maximum absolute atomic E-state index is 12.7. The molecule has 0 fully saturated rings. The van der Waals surface area contributed by atoms with Crippen LogP contribution in [0.5, 0.6) is 17.2 Å². The molecule has 0 aliphatic rings. The van der Waals surface area contributed by atoms with Crippen LogP contribution in [-0.4, -0.2) is 51.3 Å². The van der Waals surface area contributed by atoms with E-state index in [-0.39, 0.29) is 4.90 Å². The Morgan fingerprint density at radius 3 is 2.33 bits per heavy atom. The summed E-state index contributed by atoms with van der Waals surface area (Å²) < 4.78 is 45.9. The molecule has 0 bridgehead atoms. The van der Waals surface area contributed by atoms with E-state index in [1.807, 2.05) is 25.1 Å². The number of nitrogens with one attached hydrogen (secondary N) is 2. The van der Waals surface area contributed by atoms with Crippen LogP contribution in [0.3, 0.4) is 0 Å². The highest BCUT2D eigenvalue weighted by molar-refractivity contribution is 7.89. The van der Waals surface area contributed by atoms with E-state index >= 15 is 0 Å². The Balaban J connectivity index is 1.67. The molecule has 0 spiro atoms. The zero-order chi connectivity index (χ0) is 25.7. The summed E-state index contributed by atoms with van der Waals surface area (Å²) in [5, 5.41) is 11.8. The molecule has 1 heterocycles. The fourth-order valence-electron chi connectivity index (χ4n) is 3.76. The third kappa shape index (κ3) is 5.21. The summed E-state index contributed by atoms with van der Waals surface area (Å²) in [6.45, 7) is 2.40. The summed E-state index contributed by atoms with van der Waals surface area (Å²) in [4.78, 5) is 0.173. The minimum atomic E-state index is -3.63. The fraction of sp³-hybridized carbons (Fsp3) is 0.280. The van der Waals surface area contributed by atoms with Crippen LogP contribution in [0.25, 0.3) is 16.7 Å². The number of benzene rings is 3. The normalized spacial score (nSPS) is 11.4. The highest BCUT2D eigenvalue weighted by Crippen LogP contribution is 2.40. The number of rotatable bonds is 11. The van der Waals surface area contributed by atoms with E-state index in [1.165, 1.54) is 0 Å². The second kappa shape index (κ2) is 10.8.